The fraction of sp³-hybridized carbons (Fsp3) is 0.423. The Labute approximate surface area is 210 Å². The maximum absolute atomic E-state index is 12.1. The summed E-state index contributed by atoms with van der Waals surface area (Å²) in [6.45, 7) is 4.68. The number of rotatable bonds is 11. The standard InChI is InChI=1S/C26H34N4O4S/c1-16(2)13-21(25(32)33)30(19-10-3-4-11-19)12-6-8-17-7-5-9-18(14-17)22-15-20(23(27)31)24(35-22)29-26(28)34/h5-9,14-16,19,21H,3-4,10-13H2,1-2H3,(H2,27,31)(H,32,33)(H3,28,29,34)/t21-/m0/s1. The van der Waals surface area contributed by atoms with Crippen LogP contribution < -0.4 is 16.8 Å². The van der Waals surface area contributed by atoms with E-state index in [1.54, 1.807) is 6.07 Å². The van der Waals surface area contributed by atoms with Crippen LogP contribution in [0.4, 0.5) is 9.80 Å². The summed E-state index contributed by atoms with van der Waals surface area (Å²) in [4.78, 5) is 38.1. The van der Waals surface area contributed by atoms with E-state index in [-0.39, 0.29) is 5.56 Å². The maximum atomic E-state index is 12.1. The lowest BCUT2D eigenvalue weighted by Gasteiger charge is -2.34. The Bertz CT molecular complexity index is 1090. The van der Waals surface area contributed by atoms with Gasteiger partial charge in [-0.05, 0) is 48.4 Å². The number of benzene rings is 1. The number of anilines is 1. The number of urea groups is 1. The Morgan fingerprint density at radius 2 is 1.91 bits per heavy atom. The Hall–Kier alpha value is -3.17. The zero-order valence-corrected chi connectivity index (χ0v) is 21.0. The molecule has 0 bridgehead atoms. The minimum atomic E-state index is -0.762. The largest absolute Gasteiger partial charge is 0.480 e. The topological polar surface area (TPSA) is 139 Å². The van der Waals surface area contributed by atoms with E-state index in [0.717, 1.165) is 41.7 Å². The molecule has 9 heteroatoms. The van der Waals surface area contributed by atoms with Gasteiger partial charge in [-0.1, -0.05) is 57.0 Å². The van der Waals surface area contributed by atoms with Gasteiger partial charge >= 0.3 is 12.0 Å². The predicted octanol–water partition coefficient (Wildman–Crippen LogP) is 4.76. The number of nitrogens with two attached hydrogens (primary N) is 2. The van der Waals surface area contributed by atoms with Crippen molar-refractivity contribution in [1.82, 2.24) is 4.90 Å². The molecule has 1 fully saturated rings. The van der Waals surface area contributed by atoms with Crippen molar-refractivity contribution in [3.05, 3.63) is 47.5 Å². The molecule has 0 radical (unpaired) electrons. The number of carbonyl (C=O) groups excluding carboxylic acids is 2. The maximum Gasteiger partial charge on any atom is 0.320 e. The summed E-state index contributed by atoms with van der Waals surface area (Å²) < 4.78 is 0. The van der Waals surface area contributed by atoms with Crippen LogP contribution in [-0.4, -0.2) is 46.5 Å². The second-order valence-electron chi connectivity index (χ2n) is 9.35. The summed E-state index contributed by atoms with van der Waals surface area (Å²) in [7, 11) is 0. The molecule has 2 aromatic rings. The first kappa shape index (κ1) is 26.4. The number of hydrogen-bond donors (Lipinski definition) is 4. The molecule has 1 atom stereocenters. The second kappa shape index (κ2) is 12.0. The fourth-order valence-electron chi connectivity index (χ4n) is 4.62. The summed E-state index contributed by atoms with van der Waals surface area (Å²) in [5.74, 6) is -1.11. The van der Waals surface area contributed by atoms with Gasteiger partial charge in [0.1, 0.15) is 11.0 Å². The van der Waals surface area contributed by atoms with Crippen molar-refractivity contribution in [2.75, 3.05) is 11.9 Å². The highest BCUT2D eigenvalue weighted by atomic mass is 32.1. The molecule has 1 saturated carbocycles. The van der Waals surface area contributed by atoms with E-state index >= 15 is 0 Å². The Kier molecular flexibility index (Phi) is 9.06. The normalized spacial score (nSPS) is 15.2. The molecule has 1 aliphatic carbocycles. The molecule has 0 saturated heterocycles. The molecule has 3 amide bonds. The van der Waals surface area contributed by atoms with Crippen LogP contribution in [0.15, 0.2) is 36.4 Å². The van der Waals surface area contributed by atoms with E-state index in [1.165, 1.54) is 11.3 Å². The number of hydrogen-bond acceptors (Lipinski definition) is 5. The van der Waals surface area contributed by atoms with Crippen molar-refractivity contribution < 1.29 is 19.5 Å². The van der Waals surface area contributed by atoms with E-state index in [2.05, 4.69) is 24.1 Å². The van der Waals surface area contributed by atoms with Gasteiger partial charge in [0, 0.05) is 17.5 Å². The molecule has 6 N–H and O–H groups in total. The molecule has 3 rings (SSSR count). The smallest absolute Gasteiger partial charge is 0.320 e. The highest BCUT2D eigenvalue weighted by Crippen LogP contribution is 2.36. The summed E-state index contributed by atoms with van der Waals surface area (Å²) in [5, 5.41) is 12.7. The van der Waals surface area contributed by atoms with Crippen LogP contribution in [0.2, 0.25) is 0 Å². The number of amides is 3. The number of carboxylic acid groups (broad SMARTS) is 1. The molecule has 1 aliphatic rings. The van der Waals surface area contributed by atoms with E-state index in [9.17, 15) is 19.5 Å². The van der Waals surface area contributed by atoms with Crippen LogP contribution in [-0.2, 0) is 4.79 Å². The van der Waals surface area contributed by atoms with Gasteiger partial charge < -0.3 is 16.6 Å². The zero-order chi connectivity index (χ0) is 25.5. The summed E-state index contributed by atoms with van der Waals surface area (Å²) in [6, 6.07) is 8.44. The van der Waals surface area contributed by atoms with Crippen LogP contribution in [0.3, 0.4) is 0 Å². The van der Waals surface area contributed by atoms with Crippen LogP contribution in [0.5, 0.6) is 0 Å². The van der Waals surface area contributed by atoms with E-state index < -0.39 is 23.9 Å². The van der Waals surface area contributed by atoms with Crippen molar-refractivity contribution in [3.63, 3.8) is 0 Å². The molecule has 1 heterocycles. The Balaban J connectivity index is 1.81. The Morgan fingerprint density at radius 3 is 2.51 bits per heavy atom. The fourth-order valence-corrected chi connectivity index (χ4v) is 5.68. The number of carbonyl (C=O) groups is 3. The molecular weight excluding hydrogens is 464 g/mol. The molecule has 0 aliphatic heterocycles. The third-order valence-corrected chi connectivity index (χ3v) is 7.31. The van der Waals surface area contributed by atoms with Gasteiger partial charge in [0.05, 0.1) is 5.56 Å². The van der Waals surface area contributed by atoms with Crippen LogP contribution in [0.25, 0.3) is 16.5 Å². The number of primary amides is 2. The number of aliphatic carboxylic acids is 1. The van der Waals surface area contributed by atoms with Crippen molar-refractivity contribution in [2.45, 2.75) is 58.0 Å². The second-order valence-corrected chi connectivity index (χ2v) is 10.4. The molecule has 0 unspecified atom stereocenters. The van der Waals surface area contributed by atoms with Gasteiger partial charge in [-0.15, -0.1) is 11.3 Å². The highest BCUT2D eigenvalue weighted by molar-refractivity contribution is 7.20. The first-order valence-electron chi connectivity index (χ1n) is 11.9. The molecule has 1 aromatic carbocycles. The van der Waals surface area contributed by atoms with Gasteiger partial charge in [-0.3, -0.25) is 19.8 Å². The molecule has 1 aromatic heterocycles. The van der Waals surface area contributed by atoms with Crippen LogP contribution >= 0.6 is 11.3 Å². The lowest BCUT2D eigenvalue weighted by molar-refractivity contribution is -0.144. The SMILES string of the molecule is CC(C)C[C@@H](C(=O)O)N(CC=Cc1cccc(-c2cc(C(N)=O)c(NC(N)=O)s2)c1)C1CCCC1. The third kappa shape index (κ3) is 7.16. The van der Waals surface area contributed by atoms with Crippen LogP contribution in [0, 0.1) is 5.92 Å². The molecule has 188 valence electrons. The number of nitrogens with one attached hydrogen (secondary N) is 1. The van der Waals surface area contributed by atoms with Crippen molar-refractivity contribution in [2.24, 2.45) is 17.4 Å². The summed E-state index contributed by atoms with van der Waals surface area (Å²) >= 11 is 1.23. The molecule has 8 nitrogen and oxygen atoms in total. The molecule has 0 spiro atoms. The predicted molar refractivity (Wildman–Crippen MR) is 140 cm³/mol. The molecule has 35 heavy (non-hydrogen) atoms. The van der Waals surface area contributed by atoms with Gasteiger partial charge in [0.2, 0.25) is 0 Å². The number of thiophene rings is 1. The van der Waals surface area contributed by atoms with Gasteiger partial charge in [0.25, 0.3) is 5.91 Å². The average molecular weight is 499 g/mol. The van der Waals surface area contributed by atoms with Crippen molar-refractivity contribution in [3.8, 4) is 10.4 Å². The van der Waals surface area contributed by atoms with E-state index in [0.29, 0.717) is 29.9 Å². The Morgan fingerprint density at radius 1 is 1.20 bits per heavy atom. The minimum Gasteiger partial charge on any atom is -0.480 e. The van der Waals surface area contributed by atoms with E-state index in [1.807, 2.05) is 36.4 Å². The first-order chi connectivity index (χ1) is 16.7. The van der Waals surface area contributed by atoms with Gasteiger partial charge in [0.15, 0.2) is 0 Å². The number of carboxylic acids is 1. The third-order valence-electron chi connectivity index (χ3n) is 6.21. The summed E-state index contributed by atoms with van der Waals surface area (Å²) in [6.07, 6.45) is 8.99. The summed E-state index contributed by atoms with van der Waals surface area (Å²) in [5.41, 5.74) is 12.7. The van der Waals surface area contributed by atoms with Gasteiger partial charge in [-0.2, -0.15) is 0 Å². The quantitative estimate of drug-likeness (QED) is 0.354. The highest BCUT2D eigenvalue weighted by Gasteiger charge is 2.32. The monoisotopic (exact) mass is 498 g/mol. The van der Waals surface area contributed by atoms with Gasteiger partial charge in [-0.25, -0.2) is 4.79 Å². The minimum absolute atomic E-state index is 0.210. The van der Waals surface area contributed by atoms with Crippen molar-refractivity contribution >= 4 is 40.3 Å². The lowest BCUT2D eigenvalue weighted by Crippen LogP contribution is -2.47. The lowest BCUT2D eigenvalue weighted by atomic mass is 10.00. The molecular formula is C26H34N4O4S. The number of nitrogens with zero attached hydrogens (tertiary/aromatic N) is 1. The first-order valence-corrected chi connectivity index (χ1v) is 12.7. The van der Waals surface area contributed by atoms with Crippen LogP contribution in [0.1, 0.15) is 61.9 Å². The van der Waals surface area contributed by atoms with E-state index in [4.69, 9.17) is 11.5 Å². The average Bonchev–Trinajstić information content (AvgIpc) is 3.45. The zero-order valence-electron chi connectivity index (χ0n) is 20.2. The van der Waals surface area contributed by atoms with Crippen molar-refractivity contribution in [1.29, 1.82) is 0 Å².